The maximum atomic E-state index is 12.9. The van der Waals surface area contributed by atoms with Gasteiger partial charge in [-0.25, -0.2) is 9.59 Å². The molecule has 6 rings (SSSR count). The number of carbonyl (C=O) groups is 2. The normalized spacial score (nSPS) is 26.1. The first-order valence-electron chi connectivity index (χ1n) is 14.1. The summed E-state index contributed by atoms with van der Waals surface area (Å²) in [6.07, 6.45) is 2.52. The summed E-state index contributed by atoms with van der Waals surface area (Å²) in [7, 11) is 0. The molecule has 3 amide bonds. The van der Waals surface area contributed by atoms with Crippen molar-refractivity contribution in [3.05, 3.63) is 46.5 Å². The lowest BCUT2D eigenvalue weighted by Gasteiger charge is -2.37. The van der Waals surface area contributed by atoms with E-state index in [0.717, 1.165) is 49.2 Å². The van der Waals surface area contributed by atoms with Crippen molar-refractivity contribution in [1.82, 2.24) is 24.3 Å². The first-order valence-corrected chi connectivity index (χ1v) is 14.1. The highest BCUT2D eigenvalue weighted by molar-refractivity contribution is 5.89. The van der Waals surface area contributed by atoms with Crippen LogP contribution in [0.5, 0.6) is 5.75 Å². The average molecular weight is 551 g/mol. The zero-order valence-corrected chi connectivity index (χ0v) is 23.1. The Morgan fingerprint density at radius 1 is 1.10 bits per heavy atom. The molecular formula is C28H38N8O4. The number of nitrogens with zero attached hydrogens (tertiary/aromatic N) is 5. The van der Waals surface area contributed by atoms with Crippen LogP contribution in [-0.4, -0.2) is 100 Å². The second kappa shape index (κ2) is 10.2. The van der Waals surface area contributed by atoms with E-state index in [9.17, 15) is 14.4 Å². The smallest absolute Gasteiger partial charge is 0.354 e. The number of ether oxygens (including phenoxy) is 1. The molecule has 2 aromatic rings. The summed E-state index contributed by atoms with van der Waals surface area (Å²) in [4.78, 5) is 47.9. The number of rotatable bonds is 5. The Morgan fingerprint density at radius 3 is 2.45 bits per heavy atom. The van der Waals surface area contributed by atoms with Crippen molar-refractivity contribution < 1.29 is 14.3 Å². The lowest BCUT2D eigenvalue weighted by molar-refractivity contribution is -0.137. The molecule has 12 nitrogen and oxygen atoms in total. The summed E-state index contributed by atoms with van der Waals surface area (Å²) < 4.78 is 7.58. The zero-order valence-electron chi connectivity index (χ0n) is 23.1. The van der Waals surface area contributed by atoms with Crippen LogP contribution in [0.15, 0.2) is 35.3 Å². The maximum Gasteiger partial charge on any atom is 0.354 e. The number of piperidine rings is 1. The number of fused-ring (bicyclic) bond motifs is 2. The molecule has 3 fully saturated rings. The van der Waals surface area contributed by atoms with E-state index in [1.807, 2.05) is 18.2 Å². The van der Waals surface area contributed by atoms with Gasteiger partial charge in [-0.2, -0.15) is 4.98 Å². The Balaban J connectivity index is 1.05. The fourth-order valence-corrected chi connectivity index (χ4v) is 6.44. The number of carbonyl (C=O) groups excluding carboxylic acids is 2. The summed E-state index contributed by atoms with van der Waals surface area (Å²) in [6.45, 7) is 8.53. The fourth-order valence-electron chi connectivity index (χ4n) is 6.44. The molecule has 4 heterocycles. The highest BCUT2D eigenvalue weighted by Gasteiger charge is 2.55. The minimum Gasteiger partial charge on any atom is -0.492 e. The summed E-state index contributed by atoms with van der Waals surface area (Å²) in [5, 5.41) is 2.70. The molecule has 0 spiro atoms. The standard InChI is InChI=1S/C28H38N8O4/c1-28(2,30)25(37)33-7-9-34(10-8-33)26(38)31-24-5-6-36(27(39)32-24)18-4-3-17-11-19(16-40-23(17)12-18)35-14-21-20(13-29)22(21)15-35/h3-6,12,19-22H,7-11,13-16,29-30H2,1-2H3,(H,31,32,38,39)/t19?,20?,21-,22?/m1/s1. The van der Waals surface area contributed by atoms with Crippen LogP contribution in [0.3, 0.4) is 0 Å². The van der Waals surface area contributed by atoms with Gasteiger partial charge in [0, 0.05) is 57.6 Å². The van der Waals surface area contributed by atoms with Crippen molar-refractivity contribution in [2.45, 2.75) is 31.8 Å². The van der Waals surface area contributed by atoms with Gasteiger partial charge in [-0.1, -0.05) is 6.07 Å². The van der Waals surface area contributed by atoms with Crippen LogP contribution in [0, 0.1) is 17.8 Å². The van der Waals surface area contributed by atoms with Crippen LogP contribution in [-0.2, 0) is 11.2 Å². The van der Waals surface area contributed by atoms with E-state index in [1.54, 1.807) is 35.9 Å². The van der Waals surface area contributed by atoms with Crippen molar-refractivity contribution in [3.63, 3.8) is 0 Å². The van der Waals surface area contributed by atoms with Gasteiger partial charge in [0.25, 0.3) is 0 Å². The molecule has 0 radical (unpaired) electrons. The Bertz CT molecular complexity index is 1350. The van der Waals surface area contributed by atoms with Crippen molar-refractivity contribution in [1.29, 1.82) is 0 Å². The lowest BCUT2D eigenvalue weighted by Crippen LogP contribution is -2.58. The molecule has 2 saturated heterocycles. The third kappa shape index (κ3) is 5.06. The van der Waals surface area contributed by atoms with Crippen LogP contribution >= 0.6 is 0 Å². The highest BCUT2D eigenvalue weighted by Crippen LogP contribution is 2.51. The van der Waals surface area contributed by atoms with Crippen molar-refractivity contribution in [2.75, 3.05) is 57.7 Å². The van der Waals surface area contributed by atoms with Gasteiger partial charge in [-0.15, -0.1) is 0 Å². The van der Waals surface area contributed by atoms with E-state index in [4.69, 9.17) is 16.2 Å². The third-order valence-corrected chi connectivity index (χ3v) is 8.85. The molecule has 4 atom stereocenters. The van der Waals surface area contributed by atoms with Gasteiger partial charge < -0.3 is 26.0 Å². The molecule has 1 saturated carbocycles. The number of piperazine rings is 1. The Morgan fingerprint density at radius 2 is 1.80 bits per heavy atom. The van der Waals surface area contributed by atoms with Crippen LogP contribution in [0.2, 0.25) is 0 Å². The Hall–Kier alpha value is -3.48. The maximum absolute atomic E-state index is 12.9. The van der Waals surface area contributed by atoms with Gasteiger partial charge in [-0.3, -0.25) is 19.6 Å². The van der Waals surface area contributed by atoms with E-state index >= 15 is 0 Å². The monoisotopic (exact) mass is 550 g/mol. The number of hydrogen-bond acceptors (Lipinski definition) is 8. The summed E-state index contributed by atoms with van der Waals surface area (Å²) in [5.41, 5.74) is 12.1. The van der Waals surface area contributed by atoms with Gasteiger partial charge in [0.1, 0.15) is 18.2 Å². The number of amides is 3. The lowest BCUT2D eigenvalue weighted by atomic mass is 10.0. The second-order valence-corrected chi connectivity index (χ2v) is 12.0. The van der Waals surface area contributed by atoms with Crippen LogP contribution < -0.4 is 27.2 Å². The van der Waals surface area contributed by atoms with E-state index in [2.05, 4.69) is 15.2 Å². The van der Waals surface area contributed by atoms with Gasteiger partial charge in [-0.05, 0) is 62.3 Å². The first kappa shape index (κ1) is 26.7. The van der Waals surface area contributed by atoms with Gasteiger partial charge in [0.15, 0.2) is 0 Å². The zero-order chi connectivity index (χ0) is 28.2. The topological polar surface area (TPSA) is 152 Å². The molecule has 1 aliphatic carbocycles. The Kier molecular flexibility index (Phi) is 6.79. The molecule has 1 aromatic carbocycles. The number of urea groups is 1. The van der Waals surface area contributed by atoms with Crippen molar-refractivity contribution >= 4 is 17.8 Å². The number of benzene rings is 1. The average Bonchev–Trinajstić information content (AvgIpc) is 3.41. The molecule has 214 valence electrons. The van der Waals surface area contributed by atoms with E-state index < -0.39 is 11.2 Å². The molecule has 1 aromatic heterocycles. The molecule has 12 heteroatoms. The van der Waals surface area contributed by atoms with Gasteiger partial charge in [0.05, 0.1) is 11.2 Å². The second-order valence-electron chi connectivity index (χ2n) is 12.0. The van der Waals surface area contributed by atoms with E-state index in [0.29, 0.717) is 50.4 Å². The van der Waals surface area contributed by atoms with Gasteiger partial charge >= 0.3 is 11.7 Å². The number of likely N-dealkylation sites (tertiary alicyclic amines) is 1. The van der Waals surface area contributed by atoms with Crippen LogP contribution in [0.25, 0.3) is 5.69 Å². The third-order valence-electron chi connectivity index (χ3n) is 8.85. The summed E-state index contributed by atoms with van der Waals surface area (Å²) >= 11 is 0. The number of nitrogens with one attached hydrogen (secondary N) is 1. The molecule has 0 bridgehead atoms. The van der Waals surface area contributed by atoms with Crippen molar-refractivity contribution in [2.24, 2.45) is 29.2 Å². The molecule has 3 unspecified atom stereocenters. The molecule has 5 N–H and O–H groups in total. The quantitative estimate of drug-likeness (QED) is 0.474. The van der Waals surface area contributed by atoms with Gasteiger partial charge in [0.2, 0.25) is 5.91 Å². The summed E-state index contributed by atoms with van der Waals surface area (Å²) in [6, 6.07) is 7.40. The molecule has 4 aliphatic rings. The van der Waals surface area contributed by atoms with Crippen molar-refractivity contribution in [3.8, 4) is 11.4 Å². The minimum atomic E-state index is -0.951. The highest BCUT2D eigenvalue weighted by atomic mass is 16.5. The number of anilines is 1. The minimum absolute atomic E-state index is 0.144. The number of aromatic nitrogens is 2. The molecular weight excluding hydrogens is 512 g/mol. The molecule has 3 aliphatic heterocycles. The van der Waals surface area contributed by atoms with E-state index in [-0.39, 0.29) is 17.8 Å². The van der Waals surface area contributed by atoms with E-state index in [1.165, 1.54) is 4.57 Å². The Labute approximate surface area is 233 Å². The first-order chi connectivity index (χ1) is 19.1. The summed E-state index contributed by atoms with van der Waals surface area (Å²) in [5.74, 6) is 3.04. The molecule has 40 heavy (non-hydrogen) atoms. The predicted molar refractivity (Wildman–Crippen MR) is 149 cm³/mol. The van der Waals surface area contributed by atoms with Crippen LogP contribution in [0.1, 0.15) is 19.4 Å². The largest absolute Gasteiger partial charge is 0.492 e. The number of hydrogen-bond donors (Lipinski definition) is 3. The number of nitrogens with two attached hydrogens (primary N) is 2. The SMILES string of the molecule is CC(C)(N)C(=O)N1CCN(C(=O)Nc2ccn(-c3ccc4c(c3)OCC(N3CC5C(CN)[C@H]5C3)C4)c(=O)n2)CC1. The fraction of sp³-hybridized carbons (Fsp3) is 0.571. The predicted octanol–water partition coefficient (Wildman–Crippen LogP) is 0.0859. The van der Waals surface area contributed by atoms with Crippen LogP contribution in [0.4, 0.5) is 10.6 Å².